The predicted molar refractivity (Wildman–Crippen MR) is 77.8 cm³/mol. The Balaban J connectivity index is 1.46. The quantitative estimate of drug-likeness (QED) is 0.889. The van der Waals surface area contributed by atoms with Crippen molar-refractivity contribution in [2.75, 3.05) is 0 Å². The Kier molecular flexibility index (Phi) is 2.85. The van der Waals surface area contributed by atoms with Crippen molar-refractivity contribution in [1.82, 2.24) is 20.4 Å². The third kappa shape index (κ3) is 2.05. The van der Waals surface area contributed by atoms with Crippen molar-refractivity contribution in [3.63, 3.8) is 0 Å². The van der Waals surface area contributed by atoms with Gasteiger partial charge in [-0.25, -0.2) is 4.79 Å². The molecule has 4 rings (SSSR count). The van der Waals surface area contributed by atoms with Gasteiger partial charge < -0.3 is 10.6 Å². The summed E-state index contributed by atoms with van der Waals surface area (Å²) < 4.78 is 1.40. The lowest BCUT2D eigenvalue weighted by molar-refractivity contribution is 0.233. The van der Waals surface area contributed by atoms with Crippen LogP contribution in [-0.2, 0) is 0 Å². The second-order valence-electron chi connectivity index (χ2n) is 5.49. The molecule has 0 unspecified atom stereocenters. The second-order valence-corrected chi connectivity index (χ2v) is 6.44. The maximum absolute atomic E-state index is 12.2. The number of aromatic nitrogens is 2. The normalized spacial score (nSPS) is 27.9. The van der Waals surface area contributed by atoms with Gasteiger partial charge in [0, 0.05) is 34.8 Å². The van der Waals surface area contributed by atoms with Gasteiger partial charge in [0.1, 0.15) is 0 Å². The van der Waals surface area contributed by atoms with Crippen molar-refractivity contribution in [2.45, 2.75) is 37.4 Å². The van der Waals surface area contributed by atoms with Crippen molar-refractivity contribution in [2.24, 2.45) is 0 Å². The van der Waals surface area contributed by atoms with E-state index in [0.717, 1.165) is 23.3 Å². The number of carbonyl (C=O) groups is 1. The van der Waals surface area contributed by atoms with E-state index in [2.05, 4.69) is 15.7 Å². The Labute approximate surface area is 121 Å². The molecule has 4 heterocycles. The van der Waals surface area contributed by atoms with E-state index in [1.54, 1.807) is 23.7 Å². The van der Waals surface area contributed by atoms with Crippen molar-refractivity contribution in [3.05, 3.63) is 29.9 Å². The van der Waals surface area contributed by atoms with Crippen LogP contribution in [0.25, 0.3) is 10.4 Å². The van der Waals surface area contributed by atoms with Gasteiger partial charge in [-0.05, 0) is 30.7 Å². The molecule has 6 heteroatoms. The van der Waals surface area contributed by atoms with Gasteiger partial charge in [0.15, 0.2) is 0 Å². The van der Waals surface area contributed by atoms with Gasteiger partial charge in [0.25, 0.3) is 0 Å². The number of hydrogen-bond donors (Lipinski definition) is 2. The molecule has 0 saturated carbocycles. The minimum absolute atomic E-state index is 0.132. The summed E-state index contributed by atoms with van der Waals surface area (Å²) in [5.74, 6) is 0. The smallest absolute Gasteiger partial charge is 0.332 e. The van der Waals surface area contributed by atoms with Crippen molar-refractivity contribution >= 4 is 17.4 Å². The first-order chi connectivity index (χ1) is 9.79. The number of nitrogens with one attached hydrogen (secondary N) is 2. The van der Waals surface area contributed by atoms with Crippen LogP contribution < -0.4 is 10.6 Å². The molecule has 2 aromatic heterocycles. The average molecular weight is 288 g/mol. The number of carbonyl (C=O) groups excluding carboxylic acids is 1. The van der Waals surface area contributed by atoms with Crippen LogP contribution in [0.5, 0.6) is 0 Å². The molecule has 2 aliphatic rings. The van der Waals surface area contributed by atoms with Gasteiger partial charge >= 0.3 is 6.03 Å². The van der Waals surface area contributed by atoms with Crippen LogP contribution in [-0.4, -0.2) is 33.9 Å². The summed E-state index contributed by atoms with van der Waals surface area (Å²) in [7, 11) is 0. The molecule has 20 heavy (non-hydrogen) atoms. The number of nitrogens with zero attached hydrogens (tertiary/aromatic N) is 2. The molecular formula is C14H16N4OS. The van der Waals surface area contributed by atoms with E-state index in [9.17, 15) is 4.79 Å². The average Bonchev–Trinajstić information content (AvgIpc) is 3.21. The monoisotopic (exact) mass is 288 g/mol. The first kappa shape index (κ1) is 12.1. The van der Waals surface area contributed by atoms with Crippen LogP contribution in [0.3, 0.4) is 0 Å². The summed E-state index contributed by atoms with van der Waals surface area (Å²) in [5.41, 5.74) is 0.987. The second kappa shape index (κ2) is 4.71. The minimum Gasteiger partial charge on any atom is -0.332 e. The van der Waals surface area contributed by atoms with Gasteiger partial charge in [-0.1, -0.05) is 6.07 Å². The molecule has 0 radical (unpaired) electrons. The van der Waals surface area contributed by atoms with Crippen LogP contribution in [0.1, 0.15) is 19.3 Å². The van der Waals surface area contributed by atoms with E-state index in [-0.39, 0.29) is 12.1 Å². The molecule has 5 nitrogen and oxygen atoms in total. The van der Waals surface area contributed by atoms with Gasteiger partial charge in [-0.2, -0.15) is 9.78 Å². The van der Waals surface area contributed by atoms with E-state index in [1.165, 1.54) is 11.1 Å². The maximum Gasteiger partial charge on any atom is 0.342 e. The first-order valence-corrected chi connectivity index (χ1v) is 7.83. The Morgan fingerprint density at radius 2 is 2.45 bits per heavy atom. The molecule has 3 atom stereocenters. The molecule has 2 saturated heterocycles. The zero-order valence-electron chi connectivity index (χ0n) is 11.0. The third-order valence-corrected chi connectivity index (χ3v) is 5.12. The lowest BCUT2D eigenvalue weighted by Crippen LogP contribution is -2.44. The standard InChI is InChI=1S/C14H16N4OS/c19-14(17-12-6-10-3-4-11(12)16-10)18-8-9(7-15-18)13-2-1-5-20-13/h1-2,5,7-8,10-12,16H,3-4,6H2,(H,17,19)/t10-,11+,12-/m1/s1. The molecule has 0 aliphatic carbocycles. The number of thiophene rings is 1. The summed E-state index contributed by atoms with van der Waals surface area (Å²) in [6.45, 7) is 0. The molecule has 1 amide bonds. The van der Waals surface area contributed by atoms with Gasteiger partial charge in [0.05, 0.1) is 6.20 Å². The molecule has 0 aromatic carbocycles. The van der Waals surface area contributed by atoms with Crippen molar-refractivity contribution in [1.29, 1.82) is 0 Å². The van der Waals surface area contributed by atoms with Gasteiger partial charge in [-0.3, -0.25) is 0 Å². The largest absolute Gasteiger partial charge is 0.342 e. The van der Waals surface area contributed by atoms with Crippen molar-refractivity contribution < 1.29 is 4.79 Å². The minimum atomic E-state index is -0.132. The van der Waals surface area contributed by atoms with Gasteiger partial charge in [-0.15, -0.1) is 11.3 Å². The molecule has 0 spiro atoms. The summed E-state index contributed by atoms with van der Waals surface area (Å²) in [6, 6.07) is 5.17. The first-order valence-electron chi connectivity index (χ1n) is 6.95. The Morgan fingerprint density at radius 3 is 3.15 bits per heavy atom. The summed E-state index contributed by atoms with van der Waals surface area (Å²) in [5, 5.41) is 12.8. The fraction of sp³-hybridized carbons (Fsp3) is 0.429. The lowest BCUT2D eigenvalue weighted by Gasteiger charge is -2.21. The number of amides is 1. The predicted octanol–water partition coefficient (Wildman–Crippen LogP) is 2.06. The molecule has 2 bridgehead atoms. The van der Waals surface area contributed by atoms with Crippen molar-refractivity contribution in [3.8, 4) is 10.4 Å². The fourth-order valence-corrected chi connectivity index (χ4v) is 3.91. The number of fused-ring (bicyclic) bond motifs is 2. The SMILES string of the molecule is O=C(N[C@@H]1C[C@H]2CC[C@@H]1N2)n1cc(-c2cccs2)cn1. The molecule has 2 aromatic rings. The Bertz CT molecular complexity index is 621. The highest BCUT2D eigenvalue weighted by atomic mass is 32.1. The highest BCUT2D eigenvalue weighted by Gasteiger charge is 2.39. The van der Waals surface area contributed by atoms with Crippen LogP contribution in [0.15, 0.2) is 29.9 Å². The zero-order chi connectivity index (χ0) is 13.5. The van der Waals surface area contributed by atoms with E-state index in [1.807, 2.05) is 17.5 Å². The molecule has 2 N–H and O–H groups in total. The Morgan fingerprint density at radius 1 is 1.50 bits per heavy atom. The topological polar surface area (TPSA) is 59.0 Å². The summed E-state index contributed by atoms with van der Waals surface area (Å²) >= 11 is 1.65. The number of hydrogen-bond acceptors (Lipinski definition) is 4. The molecule has 104 valence electrons. The lowest BCUT2D eigenvalue weighted by atomic mass is 9.96. The van der Waals surface area contributed by atoms with Crippen LogP contribution >= 0.6 is 11.3 Å². The van der Waals surface area contributed by atoms with Crippen LogP contribution in [0.4, 0.5) is 4.79 Å². The third-order valence-electron chi connectivity index (χ3n) is 4.21. The van der Waals surface area contributed by atoms with Crippen LogP contribution in [0.2, 0.25) is 0 Å². The number of rotatable bonds is 2. The zero-order valence-corrected chi connectivity index (χ0v) is 11.8. The van der Waals surface area contributed by atoms with Crippen LogP contribution in [0, 0.1) is 0 Å². The maximum atomic E-state index is 12.2. The summed E-state index contributed by atoms with van der Waals surface area (Å²) in [6.07, 6.45) is 6.97. The van der Waals surface area contributed by atoms with E-state index in [4.69, 9.17) is 0 Å². The molecule has 2 fully saturated rings. The summed E-state index contributed by atoms with van der Waals surface area (Å²) in [4.78, 5) is 13.4. The van der Waals surface area contributed by atoms with E-state index < -0.39 is 0 Å². The molecule has 2 aliphatic heterocycles. The fourth-order valence-electron chi connectivity index (χ4n) is 3.21. The highest BCUT2D eigenvalue weighted by Crippen LogP contribution is 2.28. The van der Waals surface area contributed by atoms with Gasteiger partial charge in [0.2, 0.25) is 0 Å². The molecular weight excluding hydrogens is 272 g/mol. The van der Waals surface area contributed by atoms with E-state index in [0.29, 0.717) is 12.1 Å². The Hall–Kier alpha value is -1.66. The van der Waals surface area contributed by atoms with E-state index >= 15 is 0 Å². The highest BCUT2D eigenvalue weighted by molar-refractivity contribution is 7.13.